The number of nitro groups is 1. The summed E-state index contributed by atoms with van der Waals surface area (Å²) in [6.45, 7) is 0.460. The Bertz CT molecular complexity index is 1710. The molecule has 0 spiro atoms. The third kappa shape index (κ3) is 6.85. The molecular weight excluding hydrogens is 603 g/mol. The molecule has 4 N–H and O–H groups in total. The highest BCUT2D eigenvalue weighted by Crippen LogP contribution is 2.27. The van der Waals surface area contributed by atoms with E-state index in [1.165, 1.54) is 36.3 Å². The second-order valence-electron chi connectivity index (χ2n) is 9.62. The van der Waals surface area contributed by atoms with Crippen LogP contribution in [0.25, 0.3) is 10.9 Å². The summed E-state index contributed by atoms with van der Waals surface area (Å²) in [5.74, 6) is -1.79. The lowest BCUT2D eigenvalue weighted by Gasteiger charge is -2.28. The van der Waals surface area contributed by atoms with Crippen LogP contribution in [0.1, 0.15) is 16.3 Å². The third-order valence-electron chi connectivity index (χ3n) is 5.99. The van der Waals surface area contributed by atoms with Crippen LogP contribution in [0.15, 0.2) is 53.4 Å². The molecule has 14 nitrogen and oxygen atoms in total. The number of quaternary nitrogens is 1. The molecule has 0 unspecified atom stereocenters. The molecule has 1 aromatic carbocycles. The standard InChI is InChI=1S/C25H24BrFN10O4/c1-35-19(24(36(40)41)34-25(35)22(28)39)12-37(2,3)8-4-5-21(38)33-20-10-15-18(11-29-20)30-13-31-23(15)32-14-6-7-16(26)17(27)9-14/h4-7,9-11,13H,8,12H2,1-3H3,(H3-,28,29,30,31,32,33,34,38,39)/p+1/b5-4+. The van der Waals surface area contributed by atoms with Gasteiger partial charge in [-0.15, -0.1) is 0 Å². The van der Waals surface area contributed by atoms with Gasteiger partial charge in [0.25, 0.3) is 0 Å². The number of carbonyl (C=O) groups excluding carboxylic acids is 2. The number of hydrogen-bond donors (Lipinski definition) is 3. The first-order chi connectivity index (χ1) is 19.3. The molecule has 0 radical (unpaired) electrons. The van der Waals surface area contributed by atoms with Gasteiger partial charge in [-0.2, -0.15) is 0 Å². The number of likely N-dealkylation sites (N-methyl/N-ethyl adjacent to an activating group) is 1. The number of benzene rings is 1. The Kier molecular flexibility index (Phi) is 8.34. The lowest BCUT2D eigenvalue weighted by atomic mass is 10.2. The Balaban J connectivity index is 1.45. The first-order valence-corrected chi connectivity index (χ1v) is 12.8. The van der Waals surface area contributed by atoms with E-state index < -0.39 is 28.4 Å². The Morgan fingerprint density at radius 2 is 2.00 bits per heavy atom. The first-order valence-electron chi connectivity index (χ1n) is 12.0. The Morgan fingerprint density at radius 1 is 1.24 bits per heavy atom. The molecule has 0 aliphatic carbocycles. The van der Waals surface area contributed by atoms with Crippen LogP contribution < -0.4 is 16.4 Å². The summed E-state index contributed by atoms with van der Waals surface area (Å²) in [6, 6.07) is 6.15. The number of primary amides is 1. The fourth-order valence-corrected chi connectivity index (χ4v) is 4.23. The molecule has 0 saturated carbocycles. The quantitative estimate of drug-likeness (QED) is 0.103. The molecule has 0 fully saturated rings. The number of nitrogens with zero attached hydrogens (tertiary/aromatic N) is 7. The van der Waals surface area contributed by atoms with Gasteiger partial charge in [-0.05, 0) is 56.2 Å². The smallest absolute Gasteiger partial charge is 0.361 e. The predicted molar refractivity (Wildman–Crippen MR) is 152 cm³/mol. The molecule has 0 bridgehead atoms. The summed E-state index contributed by atoms with van der Waals surface area (Å²) in [4.78, 5) is 51.4. The van der Waals surface area contributed by atoms with E-state index in [4.69, 9.17) is 5.73 Å². The molecule has 16 heteroatoms. The minimum Gasteiger partial charge on any atom is -0.361 e. The maximum atomic E-state index is 14.0. The van der Waals surface area contributed by atoms with E-state index in [9.17, 15) is 24.1 Å². The van der Waals surface area contributed by atoms with Crippen molar-refractivity contribution >= 4 is 61.8 Å². The molecule has 4 rings (SSSR count). The van der Waals surface area contributed by atoms with Gasteiger partial charge in [-0.1, -0.05) is 0 Å². The summed E-state index contributed by atoms with van der Waals surface area (Å²) in [7, 11) is 5.09. The first kappa shape index (κ1) is 29.2. The van der Waals surface area contributed by atoms with E-state index in [1.807, 2.05) is 0 Å². The molecule has 0 aliphatic rings. The number of fused-ring (bicyclic) bond motifs is 1. The third-order valence-corrected chi connectivity index (χ3v) is 6.63. The highest BCUT2D eigenvalue weighted by atomic mass is 79.9. The monoisotopic (exact) mass is 627 g/mol. The number of aromatic nitrogens is 5. The van der Waals surface area contributed by atoms with Crippen LogP contribution in [0.5, 0.6) is 0 Å². The number of amides is 2. The topological polar surface area (TPSA) is 184 Å². The average Bonchev–Trinajstić information content (AvgIpc) is 3.22. The molecule has 4 aromatic rings. The summed E-state index contributed by atoms with van der Waals surface area (Å²) in [5.41, 5.74) is 6.49. The molecule has 3 heterocycles. The molecule has 0 atom stereocenters. The largest absolute Gasteiger partial charge is 0.391 e. The van der Waals surface area contributed by atoms with Crippen molar-refractivity contribution in [2.75, 3.05) is 31.3 Å². The van der Waals surface area contributed by atoms with Crippen molar-refractivity contribution in [1.29, 1.82) is 0 Å². The molecular formula is C25H25BrFN10O4+. The minimum atomic E-state index is -0.873. The molecule has 3 aromatic heterocycles. The number of nitrogens with two attached hydrogens (primary N) is 1. The SMILES string of the molecule is Cn1c(C(N)=O)nc([N+](=O)[O-])c1C[N+](C)(C)C/C=C/C(=O)Nc1cc2c(Nc3ccc(Br)c(F)c3)ncnc2cn1. The second kappa shape index (κ2) is 11.7. The van der Waals surface area contributed by atoms with Gasteiger partial charge in [-0.3, -0.25) is 14.2 Å². The normalized spacial score (nSPS) is 11.6. The molecule has 0 saturated heterocycles. The van der Waals surface area contributed by atoms with Gasteiger partial charge in [0, 0.05) is 24.2 Å². The van der Waals surface area contributed by atoms with E-state index >= 15 is 0 Å². The fraction of sp³-hybridized carbons (Fsp3) is 0.200. The van der Waals surface area contributed by atoms with Gasteiger partial charge in [0.15, 0.2) is 5.69 Å². The fourth-order valence-electron chi connectivity index (χ4n) is 3.98. The highest BCUT2D eigenvalue weighted by Gasteiger charge is 2.32. The lowest BCUT2D eigenvalue weighted by molar-refractivity contribution is -0.898. The molecule has 212 valence electrons. The number of pyridine rings is 1. The van der Waals surface area contributed by atoms with Crippen LogP contribution in [0.4, 0.5) is 27.5 Å². The van der Waals surface area contributed by atoms with Crippen molar-refractivity contribution in [2.45, 2.75) is 6.54 Å². The number of halogens is 2. The Labute approximate surface area is 241 Å². The van der Waals surface area contributed by atoms with E-state index in [0.29, 0.717) is 33.4 Å². The number of hydrogen-bond acceptors (Lipinski definition) is 9. The van der Waals surface area contributed by atoms with Crippen molar-refractivity contribution in [1.82, 2.24) is 24.5 Å². The van der Waals surface area contributed by atoms with Gasteiger partial charge in [0.2, 0.25) is 5.91 Å². The maximum absolute atomic E-state index is 14.0. The summed E-state index contributed by atoms with van der Waals surface area (Å²) >= 11 is 3.12. The van der Waals surface area contributed by atoms with E-state index in [2.05, 4.69) is 46.5 Å². The van der Waals surface area contributed by atoms with Crippen LogP contribution in [0.2, 0.25) is 0 Å². The number of imidazole rings is 1. The van der Waals surface area contributed by atoms with Gasteiger partial charge in [0.05, 0.1) is 36.8 Å². The Hall–Kier alpha value is -4.83. The zero-order valence-corrected chi connectivity index (χ0v) is 23.7. The summed E-state index contributed by atoms with van der Waals surface area (Å²) in [5, 5.41) is 17.7. The summed E-state index contributed by atoms with van der Waals surface area (Å²) < 4.78 is 15.8. The number of rotatable bonds is 10. The maximum Gasteiger partial charge on any atom is 0.391 e. The van der Waals surface area contributed by atoms with Gasteiger partial charge >= 0.3 is 17.5 Å². The van der Waals surface area contributed by atoms with Crippen molar-refractivity contribution in [3.63, 3.8) is 0 Å². The van der Waals surface area contributed by atoms with Crippen molar-refractivity contribution < 1.29 is 23.4 Å². The van der Waals surface area contributed by atoms with Crippen LogP contribution in [0, 0.1) is 15.9 Å². The summed E-state index contributed by atoms with van der Waals surface area (Å²) in [6.07, 6.45) is 5.76. The van der Waals surface area contributed by atoms with Gasteiger partial charge in [0.1, 0.15) is 30.3 Å². The molecule has 2 amide bonds. The van der Waals surface area contributed by atoms with Crippen molar-refractivity contribution in [2.24, 2.45) is 12.8 Å². The van der Waals surface area contributed by atoms with Crippen molar-refractivity contribution in [3.05, 3.63) is 80.9 Å². The Morgan fingerprint density at radius 3 is 2.68 bits per heavy atom. The van der Waals surface area contributed by atoms with E-state index in [1.54, 1.807) is 38.4 Å². The predicted octanol–water partition coefficient (Wildman–Crippen LogP) is 3.18. The average molecular weight is 628 g/mol. The number of nitrogens with one attached hydrogen (secondary N) is 2. The van der Waals surface area contributed by atoms with E-state index in [0.717, 1.165) is 0 Å². The lowest BCUT2D eigenvalue weighted by Crippen LogP contribution is -2.39. The van der Waals surface area contributed by atoms with Crippen LogP contribution in [-0.2, 0) is 18.4 Å². The van der Waals surface area contributed by atoms with Crippen LogP contribution >= 0.6 is 15.9 Å². The zero-order chi connectivity index (χ0) is 29.9. The minimum absolute atomic E-state index is 0.142. The van der Waals surface area contributed by atoms with Gasteiger partial charge in [-0.25, -0.2) is 19.3 Å². The van der Waals surface area contributed by atoms with Crippen molar-refractivity contribution in [3.8, 4) is 0 Å². The van der Waals surface area contributed by atoms with Gasteiger partial charge < -0.3 is 31.0 Å². The highest BCUT2D eigenvalue weighted by molar-refractivity contribution is 9.10. The second-order valence-corrected chi connectivity index (χ2v) is 10.5. The molecule has 0 aliphatic heterocycles. The zero-order valence-electron chi connectivity index (χ0n) is 22.1. The van der Waals surface area contributed by atoms with E-state index in [-0.39, 0.29) is 28.4 Å². The van der Waals surface area contributed by atoms with Crippen LogP contribution in [-0.4, -0.2) is 66.4 Å². The number of anilines is 3. The molecule has 41 heavy (non-hydrogen) atoms. The van der Waals surface area contributed by atoms with Crippen LogP contribution in [0.3, 0.4) is 0 Å². The number of carbonyl (C=O) groups is 2.